The van der Waals surface area contributed by atoms with Gasteiger partial charge in [-0.3, -0.25) is 14.6 Å². The topological polar surface area (TPSA) is 109 Å². The third kappa shape index (κ3) is 5.97. The summed E-state index contributed by atoms with van der Waals surface area (Å²) in [5, 5.41) is 6.43. The van der Waals surface area contributed by atoms with Crippen LogP contribution in [0.2, 0.25) is 0 Å². The Labute approximate surface area is 215 Å². The largest absolute Gasteiger partial charge is 0.497 e. The van der Waals surface area contributed by atoms with Crippen LogP contribution < -0.4 is 25.2 Å². The van der Waals surface area contributed by atoms with Gasteiger partial charge >= 0.3 is 0 Å². The van der Waals surface area contributed by atoms with Gasteiger partial charge in [0.2, 0.25) is 0 Å². The van der Waals surface area contributed by atoms with Gasteiger partial charge in [0.25, 0.3) is 11.8 Å². The van der Waals surface area contributed by atoms with Gasteiger partial charge in [0, 0.05) is 42.6 Å². The number of anilines is 4. The molecular formula is C27H30N6O4. The molecule has 3 aromatic rings. The van der Waals surface area contributed by atoms with Crippen molar-refractivity contribution in [2.24, 2.45) is 0 Å². The van der Waals surface area contributed by atoms with Crippen LogP contribution in [0.15, 0.2) is 60.9 Å². The van der Waals surface area contributed by atoms with Crippen LogP contribution in [0.4, 0.5) is 23.0 Å². The SMILES string of the molecule is COc1ccc(C(=O)NC2CCCN(c3cncc(Nc4ccc(N5CCOCC5=O)cc4)n3)C2)cc1. The van der Waals surface area contributed by atoms with Crippen molar-refractivity contribution in [3.63, 3.8) is 0 Å². The number of piperidine rings is 1. The molecule has 2 aliphatic rings. The summed E-state index contributed by atoms with van der Waals surface area (Å²) in [4.78, 5) is 37.8. The van der Waals surface area contributed by atoms with E-state index in [9.17, 15) is 9.59 Å². The lowest BCUT2D eigenvalue weighted by atomic mass is 10.0. The van der Waals surface area contributed by atoms with Crippen molar-refractivity contribution in [1.82, 2.24) is 15.3 Å². The first-order chi connectivity index (χ1) is 18.1. The van der Waals surface area contributed by atoms with Gasteiger partial charge in [0.1, 0.15) is 18.2 Å². The molecule has 1 unspecified atom stereocenters. The summed E-state index contributed by atoms with van der Waals surface area (Å²) in [5.74, 6) is 1.96. The summed E-state index contributed by atoms with van der Waals surface area (Å²) in [6.07, 6.45) is 5.26. The molecule has 2 fully saturated rings. The van der Waals surface area contributed by atoms with Gasteiger partial charge < -0.3 is 29.9 Å². The van der Waals surface area contributed by atoms with E-state index in [2.05, 4.69) is 20.5 Å². The number of hydrogen-bond donors (Lipinski definition) is 2. The molecule has 2 saturated heterocycles. The van der Waals surface area contributed by atoms with Crippen molar-refractivity contribution in [1.29, 1.82) is 0 Å². The van der Waals surface area contributed by atoms with E-state index in [1.165, 1.54) is 0 Å². The fraction of sp³-hybridized carbons (Fsp3) is 0.333. The minimum absolute atomic E-state index is 0.0113. The molecule has 2 N–H and O–H groups in total. The van der Waals surface area contributed by atoms with Gasteiger partial charge in [-0.05, 0) is 61.4 Å². The number of amides is 2. The number of nitrogens with zero attached hydrogens (tertiary/aromatic N) is 4. The summed E-state index contributed by atoms with van der Waals surface area (Å²) < 4.78 is 10.4. The van der Waals surface area contributed by atoms with Crippen LogP contribution in [0.5, 0.6) is 5.75 Å². The molecule has 0 radical (unpaired) electrons. The molecule has 0 aliphatic carbocycles. The van der Waals surface area contributed by atoms with Crippen LogP contribution in [0, 0.1) is 0 Å². The highest BCUT2D eigenvalue weighted by Crippen LogP contribution is 2.24. The van der Waals surface area contributed by atoms with Gasteiger partial charge in [0.15, 0.2) is 5.82 Å². The van der Waals surface area contributed by atoms with E-state index in [0.717, 1.165) is 42.3 Å². The summed E-state index contributed by atoms with van der Waals surface area (Å²) in [6, 6.07) is 14.7. The van der Waals surface area contributed by atoms with Crippen LogP contribution >= 0.6 is 0 Å². The highest BCUT2D eigenvalue weighted by Gasteiger charge is 2.24. The second-order valence-corrected chi connectivity index (χ2v) is 9.02. The fourth-order valence-electron chi connectivity index (χ4n) is 4.55. The third-order valence-electron chi connectivity index (χ3n) is 6.49. The Bertz CT molecular complexity index is 1230. The number of aromatic nitrogens is 2. The van der Waals surface area contributed by atoms with E-state index in [0.29, 0.717) is 31.1 Å². The van der Waals surface area contributed by atoms with E-state index in [1.54, 1.807) is 48.7 Å². The van der Waals surface area contributed by atoms with Crippen molar-refractivity contribution in [3.05, 3.63) is 66.5 Å². The average Bonchev–Trinajstić information content (AvgIpc) is 2.94. The Hall–Kier alpha value is -4.18. The maximum Gasteiger partial charge on any atom is 0.253 e. The normalized spacial score (nSPS) is 17.9. The number of rotatable bonds is 7. The number of morpholine rings is 1. The average molecular weight is 503 g/mol. The fourth-order valence-corrected chi connectivity index (χ4v) is 4.55. The number of nitrogens with one attached hydrogen (secondary N) is 2. The van der Waals surface area contributed by atoms with Crippen molar-refractivity contribution in [2.45, 2.75) is 18.9 Å². The number of carbonyl (C=O) groups is 2. The highest BCUT2D eigenvalue weighted by molar-refractivity contribution is 5.95. The second-order valence-electron chi connectivity index (χ2n) is 9.02. The number of carbonyl (C=O) groups excluding carboxylic acids is 2. The first kappa shape index (κ1) is 24.5. The van der Waals surface area contributed by atoms with Gasteiger partial charge in [-0.25, -0.2) is 4.98 Å². The Morgan fingerprint density at radius 3 is 2.65 bits per heavy atom. The molecule has 1 atom stereocenters. The lowest BCUT2D eigenvalue weighted by Crippen LogP contribution is -2.48. The number of methoxy groups -OCH3 is 1. The Morgan fingerprint density at radius 1 is 1.08 bits per heavy atom. The third-order valence-corrected chi connectivity index (χ3v) is 6.49. The van der Waals surface area contributed by atoms with Gasteiger partial charge in [-0.1, -0.05) is 0 Å². The number of hydrogen-bond acceptors (Lipinski definition) is 8. The van der Waals surface area contributed by atoms with E-state index in [-0.39, 0.29) is 24.5 Å². The lowest BCUT2D eigenvalue weighted by Gasteiger charge is -2.34. The summed E-state index contributed by atoms with van der Waals surface area (Å²) >= 11 is 0. The molecule has 37 heavy (non-hydrogen) atoms. The predicted molar refractivity (Wildman–Crippen MR) is 141 cm³/mol. The van der Waals surface area contributed by atoms with Crippen molar-refractivity contribution >= 4 is 34.8 Å². The molecule has 2 aromatic carbocycles. The van der Waals surface area contributed by atoms with E-state index >= 15 is 0 Å². The van der Waals surface area contributed by atoms with E-state index in [4.69, 9.17) is 14.5 Å². The summed E-state index contributed by atoms with van der Waals surface area (Å²) in [5.41, 5.74) is 2.29. The maximum absolute atomic E-state index is 12.7. The van der Waals surface area contributed by atoms with Gasteiger partial charge in [0.05, 0.1) is 26.1 Å². The van der Waals surface area contributed by atoms with Crippen molar-refractivity contribution in [3.8, 4) is 5.75 Å². The Morgan fingerprint density at radius 2 is 1.89 bits per heavy atom. The summed E-state index contributed by atoms with van der Waals surface area (Å²) in [6.45, 7) is 2.70. The smallest absolute Gasteiger partial charge is 0.253 e. The standard InChI is InChI=1S/C27H30N6O4/c1-36-23-10-4-19(5-11-23)27(35)30-21-3-2-12-32(17-21)25-16-28-15-24(31-25)29-20-6-8-22(9-7-20)33-13-14-37-18-26(33)34/h4-11,15-16,21H,2-3,12-14,17-18H2,1H3,(H,29,31)(H,30,35). The zero-order valence-corrected chi connectivity index (χ0v) is 20.7. The lowest BCUT2D eigenvalue weighted by molar-refractivity contribution is -0.125. The van der Waals surface area contributed by atoms with Crippen LogP contribution in [0.1, 0.15) is 23.2 Å². The molecule has 10 heteroatoms. The molecule has 5 rings (SSSR count). The molecule has 2 amide bonds. The summed E-state index contributed by atoms with van der Waals surface area (Å²) in [7, 11) is 1.60. The van der Waals surface area contributed by atoms with E-state index in [1.807, 2.05) is 24.3 Å². The molecule has 0 bridgehead atoms. The van der Waals surface area contributed by atoms with Gasteiger partial charge in [-0.2, -0.15) is 0 Å². The molecule has 0 saturated carbocycles. The van der Waals surface area contributed by atoms with Crippen LogP contribution in [-0.4, -0.2) is 67.8 Å². The zero-order chi connectivity index (χ0) is 25.6. The molecule has 1 aromatic heterocycles. The van der Waals surface area contributed by atoms with Crippen LogP contribution in [-0.2, 0) is 9.53 Å². The second kappa shape index (κ2) is 11.3. The minimum atomic E-state index is -0.0989. The molecular weight excluding hydrogens is 472 g/mol. The molecule has 2 aliphatic heterocycles. The zero-order valence-electron chi connectivity index (χ0n) is 20.7. The molecule has 192 valence electrons. The monoisotopic (exact) mass is 502 g/mol. The minimum Gasteiger partial charge on any atom is -0.497 e. The maximum atomic E-state index is 12.7. The number of ether oxygens (including phenoxy) is 2. The van der Waals surface area contributed by atoms with Crippen molar-refractivity contribution in [2.75, 3.05) is 55.1 Å². The first-order valence-electron chi connectivity index (χ1n) is 12.4. The van der Waals surface area contributed by atoms with Crippen LogP contribution in [0.25, 0.3) is 0 Å². The molecule has 0 spiro atoms. The van der Waals surface area contributed by atoms with Crippen molar-refractivity contribution < 1.29 is 19.1 Å². The van der Waals surface area contributed by atoms with Gasteiger partial charge in [-0.15, -0.1) is 0 Å². The Kier molecular flexibility index (Phi) is 7.46. The first-order valence-corrected chi connectivity index (χ1v) is 12.4. The van der Waals surface area contributed by atoms with E-state index < -0.39 is 0 Å². The number of benzene rings is 2. The van der Waals surface area contributed by atoms with Crippen LogP contribution in [0.3, 0.4) is 0 Å². The molecule has 3 heterocycles. The predicted octanol–water partition coefficient (Wildman–Crippen LogP) is 2.99. The highest BCUT2D eigenvalue weighted by atomic mass is 16.5. The quantitative estimate of drug-likeness (QED) is 0.508. The molecule has 10 nitrogen and oxygen atoms in total. The Balaban J connectivity index is 1.20.